The Hall–Kier alpha value is -4.04. The van der Waals surface area contributed by atoms with Gasteiger partial charge in [0.1, 0.15) is 22.7 Å². The normalized spacial score (nSPS) is 12.5. The second-order valence-corrected chi connectivity index (χ2v) is 11.5. The van der Waals surface area contributed by atoms with Gasteiger partial charge in [-0.25, -0.2) is 19.9 Å². The highest BCUT2D eigenvalue weighted by Crippen LogP contribution is 2.45. The number of imidazole rings is 2. The van der Waals surface area contributed by atoms with Gasteiger partial charge in [0.15, 0.2) is 11.3 Å². The zero-order valence-corrected chi connectivity index (χ0v) is 23.3. The summed E-state index contributed by atoms with van der Waals surface area (Å²) in [6, 6.07) is 16.7. The van der Waals surface area contributed by atoms with Crippen LogP contribution in [0.1, 0.15) is 11.1 Å². The fraction of sp³-hybridized carbons (Fsp3) is 0.143. The molecule has 0 saturated heterocycles. The van der Waals surface area contributed by atoms with Crippen LogP contribution in [0.3, 0.4) is 0 Å². The lowest BCUT2D eigenvalue weighted by atomic mass is 10.2. The quantitative estimate of drug-likeness (QED) is 0.143. The molecule has 0 aliphatic rings. The Balaban J connectivity index is 1.34. The number of hydrogen-bond donors (Lipinski definition) is 0. The van der Waals surface area contributed by atoms with E-state index in [4.69, 9.17) is 0 Å². The second-order valence-electron chi connectivity index (χ2n) is 9.28. The van der Waals surface area contributed by atoms with Crippen molar-refractivity contribution in [2.75, 3.05) is 0 Å². The van der Waals surface area contributed by atoms with Crippen molar-refractivity contribution in [3.05, 3.63) is 84.2 Å². The molecule has 0 N–H and O–H groups in total. The fourth-order valence-corrected chi connectivity index (χ4v) is 6.84. The Morgan fingerprint density at radius 2 is 0.976 bits per heavy atom. The number of aromatic nitrogens is 6. The van der Waals surface area contributed by atoms with Crippen molar-refractivity contribution >= 4 is 43.9 Å². The minimum absolute atomic E-state index is 0.129. The fourth-order valence-electron chi connectivity index (χ4n) is 4.48. The highest BCUT2D eigenvalue weighted by molar-refractivity contribution is 8.76. The van der Waals surface area contributed by atoms with Crippen LogP contribution in [0.4, 0.5) is 26.3 Å². The maximum atomic E-state index is 13.2. The first kappa shape index (κ1) is 28.1. The van der Waals surface area contributed by atoms with Crippen LogP contribution in [-0.2, 0) is 26.4 Å². The van der Waals surface area contributed by atoms with Crippen LogP contribution in [0.5, 0.6) is 0 Å². The lowest BCUT2D eigenvalue weighted by Gasteiger charge is -2.11. The Kier molecular flexibility index (Phi) is 6.92. The Morgan fingerprint density at radius 3 is 1.36 bits per heavy atom. The number of alkyl halides is 6. The first-order chi connectivity index (χ1) is 19.9. The molecule has 6 nitrogen and oxygen atoms in total. The van der Waals surface area contributed by atoms with Crippen molar-refractivity contribution in [2.24, 2.45) is 14.1 Å². The average molecular weight is 617 g/mol. The molecule has 214 valence electrons. The van der Waals surface area contributed by atoms with Gasteiger partial charge in [-0.05, 0) is 24.3 Å². The standard InChI is InChI=1S/C28H18F6N6S2/c1-39-23(37-19-11-15(27(29,30)31)13-35-25(19)39)17-7-3-5-9-21(17)41-42-22-10-6-4-8-18(22)24-38-20-12-16(28(32,33)34)14-36-26(20)40(24)2/h3-14H,1-2H3. The van der Waals surface area contributed by atoms with Gasteiger partial charge in [0.25, 0.3) is 0 Å². The molecule has 0 aliphatic heterocycles. The summed E-state index contributed by atoms with van der Waals surface area (Å²) < 4.78 is 82.7. The Morgan fingerprint density at radius 1 is 0.595 bits per heavy atom. The van der Waals surface area contributed by atoms with Gasteiger partial charge in [-0.1, -0.05) is 58.0 Å². The van der Waals surface area contributed by atoms with Gasteiger partial charge in [-0.15, -0.1) is 0 Å². The highest BCUT2D eigenvalue weighted by atomic mass is 33.1. The number of aryl methyl sites for hydroxylation is 2. The van der Waals surface area contributed by atoms with E-state index in [2.05, 4.69) is 19.9 Å². The predicted molar refractivity (Wildman–Crippen MR) is 150 cm³/mol. The maximum absolute atomic E-state index is 13.2. The van der Waals surface area contributed by atoms with Crippen LogP contribution >= 0.6 is 21.6 Å². The molecular formula is C28H18F6N6S2. The average Bonchev–Trinajstić information content (AvgIpc) is 3.47. The summed E-state index contributed by atoms with van der Waals surface area (Å²) in [5.74, 6) is 0.909. The summed E-state index contributed by atoms with van der Waals surface area (Å²) in [7, 11) is 6.21. The smallest absolute Gasteiger partial charge is 0.312 e. The van der Waals surface area contributed by atoms with Crippen LogP contribution in [0.2, 0.25) is 0 Å². The summed E-state index contributed by atoms with van der Waals surface area (Å²) in [6.07, 6.45) is -7.48. The van der Waals surface area contributed by atoms with E-state index in [0.29, 0.717) is 34.1 Å². The molecule has 0 amide bonds. The van der Waals surface area contributed by atoms with Crippen LogP contribution in [0.25, 0.3) is 45.1 Å². The molecular weight excluding hydrogens is 598 g/mol. The molecule has 6 aromatic rings. The Labute approximate surface area is 242 Å². The van der Waals surface area contributed by atoms with Gasteiger partial charge in [-0.3, -0.25) is 0 Å². The summed E-state index contributed by atoms with van der Waals surface area (Å²) in [5.41, 5.74) is 0.553. The minimum atomic E-state index is -4.54. The van der Waals surface area contributed by atoms with Crippen molar-refractivity contribution in [1.29, 1.82) is 0 Å². The molecule has 4 heterocycles. The lowest BCUT2D eigenvalue weighted by Crippen LogP contribution is -2.05. The maximum Gasteiger partial charge on any atom is 0.417 e. The molecule has 0 unspecified atom stereocenters. The number of benzene rings is 2. The topological polar surface area (TPSA) is 61.4 Å². The van der Waals surface area contributed by atoms with Crippen molar-refractivity contribution in [3.63, 3.8) is 0 Å². The molecule has 0 atom stereocenters. The van der Waals surface area contributed by atoms with E-state index in [0.717, 1.165) is 34.3 Å². The van der Waals surface area contributed by atoms with Crippen molar-refractivity contribution < 1.29 is 26.3 Å². The molecule has 42 heavy (non-hydrogen) atoms. The van der Waals surface area contributed by atoms with Crippen molar-refractivity contribution in [2.45, 2.75) is 22.1 Å². The van der Waals surface area contributed by atoms with E-state index in [-0.39, 0.29) is 11.0 Å². The molecule has 0 spiro atoms. The van der Waals surface area contributed by atoms with Gasteiger partial charge in [0.2, 0.25) is 0 Å². The number of halogens is 6. The SMILES string of the molecule is Cn1c(-c2ccccc2SSc2ccccc2-c2nc3cc(C(F)(F)F)cnc3n2C)nc2cc(C(F)(F)F)cnc21. The number of hydrogen-bond acceptors (Lipinski definition) is 6. The van der Waals surface area contributed by atoms with E-state index >= 15 is 0 Å². The summed E-state index contributed by atoms with van der Waals surface area (Å²) in [4.78, 5) is 18.5. The van der Waals surface area contributed by atoms with E-state index in [9.17, 15) is 26.3 Å². The van der Waals surface area contributed by atoms with Gasteiger partial charge >= 0.3 is 12.4 Å². The molecule has 0 radical (unpaired) electrons. The molecule has 0 saturated carbocycles. The number of fused-ring (bicyclic) bond motifs is 2. The van der Waals surface area contributed by atoms with Crippen LogP contribution in [0, 0.1) is 0 Å². The second kappa shape index (κ2) is 10.3. The zero-order chi connectivity index (χ0) is 29.8. The van der Waals surface area contributed by atoms with Gasteiger partial charge in [0.05, 0.1) is 11.1 Å². The highest BCUT2D eigenvalue weighted by Gasteiger charge is 2.33. The van der Waals surface area contributed by atoms with Gasteiger partial charge in [-0.2, -0.15) is 26.3 Å². The van der Waals surface area contributed by atoms with Gasteiger partial charge < -0.3 is 9.13 Å². The van der Waals surface area contributed by atoms with E-state index in [1.165, 1.54) is 21.6 Å². The summed E-state index contributed by atoms with van der Waals surface area (Å²) in [6.45, 7) is 0. The first-order valence-electron chi connectivity index (χ1n) is 12.2. The van der Waals surface area contributed by atoms with Gasteiger partial charge in [0, 0.05) is 47.4 Å². The molecule has 4 aromatic heterocycles. The molecule has 2 aromatic carbocycles. The van der Waals surface area contributed by atoms with Crippen molar-refractivity contribution in [1.82, 2.24) is 29.1 Å². The third kappa shape index (κ3) is 5.09. The van der Waals surface area contributed by atoms with Crippen LogP contribution in [0.15, 0.2) is 82.8 Å². The van der Waals surface area contributed by atoms with Crippen molar-refractivity contribution in [3.8, 4) is 22.8 Å². The van der Waals surface area contributed by atoms with E-state index < -0.39 is 23.5 Å². The third-order valence-electron chi connectivity index (χ3n) is 6.55. The third-order valence-corrected chi connectivity index (χ3v) is 9.03. The van der Waals surface area contributed by atoms with E-state index in [1.54, 1.807) is 23.2 Å². The molecule has 6 rings (SSSR count). The van der Waals surface area contributed by atoms with Crippen LogP contribution < -0.4 is 0 Å². The summed E-state index contributed by atoms with van der Waals surface area (Å²) >= 11 is 0. The zero-order valence-electron chi connectivity index (χ0n) is 21.7. The Bertz CT molecular complexity index is 1820. The van der Waals surface area contributed by atoms with E-state index in [1.807, 2.05) is 48.5 Å². The number of nitrogens with zero attached hydrogens (tertiary/aromatic N) is 6. The lowest BCUT2D eigenvalue weighted by molar-refractivity contribution is -0.138. The largest absolute Gasteiger partial charge is 0.417 e. The van der Waals surface area contributed by atoms with Crippen LogP contribution in [-0.4, -0.2) is 29.1 Å². The number of pyridine rings is 2. The molecule has 0 fully saturated rings. The minimum Gasteiger partial charge on any atom is -0.312 e. The monoisotopic (exact) mass is 616 g/mol. The predicted octanol–water partition coefficient (Wildman–Crippen LogP) is 8.42. The summed E-state index contributed by atoms with van der Waals surface area (Å²) in [5, 5.41) is 0. The number of rotatable bonds is 5. The first-order valence-corrected chi connectivity index (χ1v) is 14.4. The molecule has 14 heteroatoms. The molecule has 0 bridgehead atoms. The molecule has 0 aliphatic carbocycles.